The summed E-state index contributed by atoms with van der Waals surface area (Å²) in [5.41, 5.74) is 2.57. The highest BCUT2D eigenvalue weighted by Gasteiger charge is 2.11. The average Bonchev–Trinajstić information content (AvgIpc) is 2.55. The smallest absolute Gasteiger partial charge is 0.0513 e. The molecule has 0 aliphatic carbocycles. The molecular formula is C20H21N. The highest BCUT2D eigenvalue weighted by molar-refractivity contribution is 5.93. The standard InChI is InChI=1S/C20H21N/c1-2-9-19(17-11-4-3-5-12-17)21-20-15-8-13-16-10-6-7-14-18(16)20/h3-8,10-15,19,21H,2,9H2,1H3. The van der Waals surface area contributed by atoms with E-state index in [0.717, 1.165) is 12.8 Å². The molecular weight excluding hydrogens is 254 g/mol. The van der Waals surface area contributed by atoms with Gasteiger partial charge in [-0.25, -0.2) is 0 Å². The number of anilines is 1. The van der Waals surface area contributed by atoms with Crippen LogP contribution in [-0.2, 0) is 0 Å². The highest BCUT2D eigenvalue weighted by Crippen LogP contribution is 2.29. The number of hydrogen-bond donors (Lipinski definition) is 1. The SMILES string of the molecule is CCCC(Nc1cccc2ccccc12)c1ccccc1. The van der Waals surface area contributed by atoms with Gasteiger partial charge in [-0.1, -0.05) is 80.1 Å². The molecule has 21 heavy (non-hydrogen) atoms. The van der Waals surface area contributed by atoms with Crippen LogP contribution in [0.3, 0.4) is 0 Å². The summed E-state index contributed by atoms with van der Waals surface area (Å²) in [4.78, 5) is 0. The maximum absolute atomic E-state index is 3.74. The molecule has 0 aromatic heterocycles. The first kappa shape index (κ1) is 13.7. The van der Waals surface area contributed by atoms with Crippen LogP contribution in [0.4, 0.5) is 5.69 Å². The minimum Gasteiger partial charge on any atom is -0.378 e. The average molecular weight is 275 g/mol. The van der Waals surface area contributed by atoms with Gasteiger partial charge in [0.05, 0.1) is 6.04 Å². The molecule has 0 fully saturated rings. The van der Waals surface area contributed by atoms with E-state index in [1.807, 2.05) is 0 Å². The maximum Gasteiger partial charge on any atom is 0.0513 e. The van der Waals surface area contributed by atoms with Crippen LogP contribution in [0.25, 0.3) is 10.8 Å². The van der Waals surface area contributed by atoms with Gasteiger partial charge in [-0.05, 0) is 23.4 Å². The van der Waals surface area contributed by atoms with Crippen LogP contribution in [-0.4, -0.2) is 0 Å². The largest absolute Gasteiger partial charge is 0.378 e. The Morgan fingerprint density at radius 3 is 2.33 bits per heavy atom. The third kappa shape index (κ3) is 3.08. The number of benzene rings is 3. The van der Waals surface area contributed by atoms with E-state index < -0.39 is 0 Å². The number of hydrogen-bond acceptors (Lipinski definition) is 1. The molecule has 0 radical (unpaired) electrons. The molecule has 3 rings (SSSR count). The zero-order valence-electron chi connectivity index (χ0n) is 12.4. The zero-order valence-corrected chi connectivity index (χ0v) is 12.4. The first-order valence-corrected chi connectivity index (χ1v) is 7.67. The molecule has 0 aliphatic rings. The van der Waals surface area contributed by atoms with Gasteiger partial charge in [0.1, 0.15) is 0 Å². The fourth-order valence-electron chi connectivity index (χ4n) is 2.84. The quantitative estimate of drug-likeness (QED) is 0.621. The molecule has 3 aromatic rings. The molecule has 1 heteroatoms. The Morgan fingerprint density at radius 2 is 1.52 bits per heavy atom. The fourth-order valence-corrected chi connectivity index (χ4v) is 2.84. The van der Waals surface area contributed by atoms with Crippen LogP contribution in [0.2, 0.25) is 0 Å². The van der Waals surface area contributed by atoms with Crippen molar-refractivity contribution in [1.29, 1.82) is 0 Å². The van der Waals surface area contributed by atoms with E-state index in [0.29, 0.717) is 6.04 Å². The predicted molar refractivity (Wildman–Crippen MR) is 91.7 cm³/mol. The first-order valence-electron chi connectivity index (χ1n) is 7.67. The fraction of sp³-hybridized carbons (Fsp3) is 0.200. The lowest BCUT2D eigenvalue weighted by Gasteiger charge is -2.21. The number of fused-ring (bicyclic) bond motifs is 1. The molecule has 1 nitrogen and oxygen atoms in total. The first-order chi connectivity index (χ1) is 10.4. The van der Waals surface area contributed by atoms with E-state index in [-0.39, 0.29) is 0 Å². The molecule has 1 N–H and O–H groups in total. The van der Waals surface area contributed by atoms with Crippen LogP contribution < -0.4 is 5.32 Å². The molecule has 0 saturated carbocycles. The number of rotatable bonds is 5. The van der Waals surface area contributed by atoms with Crippen molar-refractivity contribution >= 4 is 16.5 Å². The molecule has 1 unspecified atom stereocenters. The Balaban J connectivity index is 1.95. The topological polar surface area (TPSA) is 12.0 Å². The Labute approximate surface area is 126 Å². The van der Waals surface area contributed by atoms with Crippen molar-refractivity contribution < 1.29 is 0 Å². The van der Waals surface area contributed by atoms with Crippen molar-refractivity contribution in [2.24, 2.45) is 0 Å². The van der Waals surface area contributed by atoms with Crippen LogP contribution in [0, 0.1) is 0 Å². The molecule has 0 amide bonds. The third-order valence-electron chi connectivity index (χ3n) is 3.90. The van der Waals surface area contributed by atoms with Gasteiger partial charge in [0, 0.05) is 11.1 Å². The van der Waals surface area contributed by atoms with Crippen molar-refractivity contribution in [3.8, 4) is 0 Å². The molecule has 0 aliphatic heterocycles. The van der Waals surface area contributed by atoms with E-state index in [2.05, 4.69) is 85.0 Å². The summed E-state index contributed by atoms with van der Waals surface area (Å²) in [6.45, 7) is 2.24. The van der Waals surface area contributed by atoms with Gasteiger partial charge < -0.3 is 5.32 Å². The van der Waals surface area contributed by atoms with E-state index in [1.54, 1.807) is 0 Å². The monoisotopic (exact) mass is 275 g/mol. The summed E-state index contributed by atoms with van der Waals surface area (Å²) < 4.78 is 0. The summed E-state index contributed by atoms with van der Waals surface area (Å²) in [5, 5.41) is 6.31. The van der Waals surface area contributed by atoms with Crippen molar-refractivity contribution in [2.75, 3.05) is 5.32 Å². The zero-order chi connectivity index (χ0) is 14.5. The summed E-state index contributed by atoms with van der Waals surface area (Å²) in [6.07, 6.45) is 2.30. The van der Waals surface area contributed by atoms with Crippen LogP contribution in [0.15, 0.2) is 72.8 Å². The molecule has 3 aromatic carbocycles. The Morgan fingerprint density at radius 1 is 0.810 bits per heavy atom. The van der Waals surface area contributed by atoms with Crippen molar-refractivity contribution in [2.45, 2.75) is 25.8 Å². The Kier molecular flexibility index (Phi) is 4.20. The van der Waals surface area contributed by atoms with Crippen molar-refractivity contribution in [3.63, 3.8) is 0 Å². The van der Waals surface area contributed by atoms with Crippen LogP contribution in [0.5, 0.6) is 0 Å². The van der Waals surface area contributed by atoms with Gasteiger partial charge >= 0.3 is 0 Å². The Bertz CT molecular complexity index is 698. The van der Waals surface area contributed by atoms with E-state index in [4.69, 9.17) is 0 Å². The lowest BCUT2D eigenvalue weighted by atomic mass is 10.0. The van der Waals surface area contributed by atoms with Crippen LogP contribution >= 0.6 is 0 Å². The summed E-state index contributed by atoms with van der Waals surface area (Å²) in [6, 6.07) is 26.1. The predicted octanol–water partition coefficient (Wildman–Crippen LogP) is 5.79. The van der Waals surface area contributed by atoms with Crippen molar-refractivity contribution in [3.05, 3.63) is 78.4 Å². The molecule has 0 spiro atoms. The summed E-state index contributed by atoms with van der Waals surface area (Å²) in [5.74, 6) is 0. The maximum atomic E-state index is 3.74. The lowest BCUT2D eigenvalue weighted by Crippen LogP contribution is -2.10. The molecule has 0 saturated heterocycles. The normalized spacial score (nSPS) is 12.2. The van der Waals surface area contributed by atoms with Gasteiger partial charge in [0.25, 0.3) is 0 Å². The van der Waals surface area contributed by atoms with Gasteiger partial charge in [-0.2, -0.15) is 0 Å². The third-order valence-corrected chi connectivity index (χ3v) is 3.90. The summed E-state index contributed by atoms with van der Waals surface area (Å²) in [7, 11) is 0. The number of nitrogens with one attached hydrogen (secondary N) is 1. The second-order valence-electron chi connectivity index (χ2n) is 5.42. The second-order valence-corrected chi connectivity index (χ2v) is 5.42. The summed E-state index contributed by atoms with van der Waals surface area (Å²) >= 11 is 0. The molecule has 0 bridgehead atoms. The molecule has 1 atom stereocenters. The van der Waals surface area contributed by atoms with E-state index in [1.165, 1.54) is 22.0 Å². The van der Waals surface area contributed by atoms with E-state index >= 15 is 0 Å². The van der Waals surface area contributed by atoms with Crippen molar-refractivity contribution in [1.82, 2.24) is 0 Å². The second kappa shape index (κ2) is 6.45. The highest BCUT2D eigenvalue weighted by atomic mass is 14.9. The van der Waals surface area contributed by atoms with Gasteiger partial charge in [-0.3, -0.25) is 0 Å². The minimum absolute atomic E-state index is 0.363. The van der Waals surface area contributed by atoms with E-state index in [9.17, 15) is 0 Å². The minimum atomic E-state index is 0.363. The lowest BCUT2D eigenvalue weighted by molar-refractivity contribution is 0.678. The molecule has 0 heterocycles. The van der Waals surface area contributed by atoms with Gasteiger partial charge in [-0.15, -0.1) is 0 Å². The van der Waals surface area contributed by atoms with Gasteiger partial charge in [0.15, 0.2) is 0 Å². The Hall–Kier alpha value is -2.28. The van der Waals surface area contributed by atoms with Gasteiger partial charge in [0.2, 0.25) is 0 Å². The molecule has 106 valence electrons. The van der Waals surface area contributed by atoms with Crippen LogP contribution in [0.1, 0.15) is 31.4 Å².